The normalized spacial score (nSPS) is 20.4. The van der Waals surface area contributed by atoms with Gasteiger partial charge in [0.05, 0.1) is 5.41 Å². The minimum Gasteiger partial charge on any atom is -0.352 e. The Labute approximate surface area is 109 Å². The van der Waals surface area contributed by atoms with E-state index in [1.165, 1.54) is 6.92 Å². The first-order valence-electron chi connectivity index (χ1n) is 4.83. The first-order valence-corrected chi connectivity index (χ1v) is 8.20. The van der Waals surface area contributed by atoms with E-state index in [-0.39, 0.29) is 22.5 Å². The monoisotopic (exact) mass is 277 g/mol. The second-order valence-corrected chi connectivity index (χ2v) is 7.28. The number of nitrogens with one attached hydrogen (secondary N) is 1. The van der Waals surface area contributed by atoms with Crippen LogP contribution in [0.1, 0.15) is 13.8 Å². The van der Waals surface area contributed by atoms with Gasteiger partial charge in [0.2, 0.25) is 5.91 Å². The summed E-state index contributed by atoms with van der Waals surface area (Å²) >= 11 is 1.15. The molecule has 0 aromatic carbocycles. The van der Waals surface area contributed by atoms with Crippen molar-refractivity contribution < 1.29 is 9.59 Å². The zero-order chi connectivity index (χ0) is 12.2. The molecule has 1 aliphatic heterocycles. The molecule has 3 nitrogen and oxygen atoms in total. The first kappa shape index (κ1) is 14.3. The smallest absolute Gasteiger partial charge is 0.217 e. The highest BCUT2D eigenvalue weighted by atomic mass is 33.1. The molecule has 0 aromatic rings. The summed E-state index contributed by atoms with van der Waals surface area (Å²) in [6.45, 7) is 7.15. The van der Waals surface area contributed by atoms with Gasteiger partial charge in [0, 0.05) is 30.2 Å². The molecular weight excluding hydrogens is 262 g/mol. The average Bonchev–Trinajstić information content (AvgIpc) is 2.62. The Kier molecular flexibility index (Phi) is 5.53. The van der Waals surface area contributed by atoms with Crippen LogP contribution in [0.5, 0.6) is 0 Å². The van der Waals surface area contributed by atoms with Gasteiger partial charge in [-0.05, 0) is 6.92 Å². The fourth-order valence-electron chi connectivity index (χ4n) is 1.08. The summed E-state index contributed by atoms with van der Waals surface area (Å²) in [5, 5.41) is 2.77. The summed E-state index contributed by atoms with van der Waals surface area (Å²) in [4.78, 5) is 22.7. The van der Waals surface area contributed by atoms with Gasteiger partial charge in [0.25, 0.3) is 0 Å². The molecule has 1 aliphatic rings. The van der Waals surface area contributed by atoms with E-state index in [0.29, 0.717) is 0 Å². The molecule has 0 aromatic heterocycles. The van der Waals surface area contributed by atoms with Gasteiger partial charge in [-0.25, -0.2) is 0 Å². The maximum absolute atomic E-state index is 11.9. The second-order valence-electron chi connectivity index (χ2n) is 3.93. The third-order valence-electron chi connectivity index (χ3n) is 2.06. The van der Waals surface area contributed by atoms with Gasteiger partial charge in [-0.15, -0.1) is 0 Å². The van der Waals surface area contributed by atoms with E-state index in [2.05, 4.69) is 12.2 Å². The van der Waals surface area contributed by atoms with Crippen LogP contribution in [0.25, 0.3) is 0 Å². The van der Waals surface area contributed by atoms with E-state index in [4.69, 9.17) is 0 Å². The molecule has 0 aliphatic carbocycles. The lowest BCUT2D eigenvalue weighted by Crippen LogP contribution is -2.32. The van der Waals surface area contributed by atoms with Gasteiger partial charge < -0.3 is 5.32 Å². The third kappa shape index (κ3) is 4.22. The second kappa shape index (κ2) is 6.21. The van der Waals surface area contributed by atoms with Crippen LogP contribution in [0.4, 0.5) is 0 Å². The van der Waals surface area contributed by atoms with E-state index in [1.54, 1.807) is 27.3 Å². The Morgan fingerprint density at radius 1 is 1.50 bits per heavy atom. The van der Waals surface area contributed by atoms with Crippen LogP contribution in [0.2, 0.25) is 0 Å². The summed E-state index contributed by atoms with van der Waals surface area (Å²) in [5.74, 6) is 3.27. The number of hydrogen-bond donors (Lipinski definition) is 1. The van der Waals surface area contributed by atoms with Crippen molar-refractivity contribution in [3.63, 3.8) is 0 Å². The van der Waals surface area contributed by atoms with Crippen LogP contribution in [-0.4, -0.2) is 28.6 Å². The fraction of sp³-hybridized carbons (Fsp3) is 0.600. The van der Waals surface area contributed by atoms with Crippen molar-refractivity contribution in [1.82, 2.24) is 5.32 Å². The van der Waals surface area contributed by atoms with E-state index in [9.17, 15) is 9.59 Å². The van der Waals surface area contributed by atoms with E-state index >= 15 is 0 Å². The molecule has 1 rings (SSSR count). The molecule has 1 atom stereocenters. The lowest BCUT2D eigenvalue weighted by atomic mass is 9.98. The highest BCUT2D eigenvalue weighted by Gasteiger charge is 2.37. The maximum atomic E-state index is 11.9. The first-order chi connectivity index (χ1) is 7.44. The Morgan fingerprint density at radius 2 is 2.06 bits per heavy atom. The molecule has 0 spiro atoms. The van der Waals surface area contributed by atoms with Crippen molar-refractivity contribution in [3.05, 3.63) is 12.7 Å². The molecule has 1 N–H and O–H groups in total. The zero-order valence-electron chi connectivity index (χ0n) is 9.32. The Hall–Kier alpha value is 0.190. The van der Waals surface area contributed by atoms with Crippen molar-refractivity contribution in [3.8, 4) is 0 Å². The zero-order valence-corrected chi connectivity index (χ0v) is 11.8. The Balaban J connectivity index is 2.32. The predicted molar refractivity (Wildman–Crippen MR) is 72.9 cm³/mol. The van der Waals surface area contributed by atoms with Crippen LogP contribution < -0.4 is 5.32 Å². The molecule has 6 heteroatoms. The molecule has 1 amide bonds. The minimum absolute atomic E-state index is 0.137. The van der Waals surface area contributed by atoms with Gasteiger partial charge >= 0.3 is 0 Å². The molecular formula is C10H15NO2S3. The summed E-state index contributed by atoms with van der Waals surface area (Å²) in [6, 6.07) is -0.322. The van der Waals surface area contributed by atoms with E-state index in [0.717, 1.165) is 23.3 Å². The van der Waals surface area contributed by atoms with Crippen molar-refractivity contribution in [2.24, 2.45) is 5.41 Å². The number of amides is 1. The number of hydrogen-bond acceptors (Lipinski definition) is 5. The summed E-state index contributed by atoms with van der Waals surface area (Å²) < 4.78 is 0. The molecule has 0 bridgehead atoms. The van der Waals surface area contributed by atoms with Crippen LogP contribution in [0.15, 0.2) is 0 Å². The largest absolute Gasteiger partial charge is 0.352 e. The SMILES string of the molecule is [CH2]C([CH]SC(=O)C1(C)CSSC1)NC(C)=O. The molecule has 2 radical (unpaired) electrons. The topological polar surface area (TPSA) is 46.2 Å². The van der Waals surface area contributed by atoms with Crippen LogP contribution in [0, 0.1) is 18.1 Å². The van der Waals surface area contributed by atoms with Gasteiger partial charge in [-0.1, -0.05) is 40.3 Å². The summed E-state index contributed by atoms with van der Waals surface area (Å²) in [6.07, 6.45) is 0. The fourth-order valence-corrected chi connectivity index (χ4v) is 5.39. The Morgan fingerprint density at radius 3 is 2.56 bits per heavy atom. The molecule has 0 saturated carbocycles. The number of rotatable bonds is 4. The van der Waals surface area contributed by atoms with Crippen LogP contribution in [-0.2, 0) is 9.59 Å². The highest BCUT2D eigenvalue weighted by molar-refractivity contribution is 8.77. The van der Waals surface area contributed by atoms with Crippen molar-refractivity contribution >= 4 is 44.4 Å². The van der Waals surface area contributed by atoms with E-state index < -0.39 is 0 Å². The van der Waals surface area contributed by atoms with Gasteiger partial charge in [-0.2, -0.15) is 0 Å². The van der Waals surface area contributed by atoms with E-state index in [1.807, 2.05) is 6.92 Å². The summed E-state index contributed by atoms with van der Waals surface area (Å²) in [7, 11) is 3.48. The average molecular weight is 277 g/mol. The number of carbonyl (C=O) groups is 2. The van der Waals surface area contributed by atoms with Gasteiger partial charge in [-0.3, -0.25) is 9.59 Å². The molecule has 90 valence electrons. The lowest BCUT2D eigenvalue weighted by Gasteiger charge is -2.20. The number of carbonyl (C=O) groups excluding carboxylic acids is 2. The van der Waals surface area contributed by atoms with Crippen molar-refractivity contribution in [2.45, 2.75) is 19.9 Å². The van der Waals surface area contributed by atoms with Crippen molar-refractivity contribution in [2.75, 3.05) is 11.5 Å². The molecule has 1 saturated heterocycles. The standard InChI is InChI=1S/C10H15NO2S3/c1-7(11-8(2)12)4-14-9(13)10(3)5-15-16-6-10/h4,7H,1,5-6H2,2-3H3,(H,11,12). The molecule has 1 unspecified atom stereocenters. The lowest BCUT2D eigenvalue weighted by molar-refractivity contribution is -0.119. The van der Waals surface area contributed by atoms with Crippen LogP contribution >= 0.6 is 33.3 Å². The Bertz CT molecular complexity index is 277. The molecule has 1 fully saturated rings. The minimum atomic E-state index is -0.322. The van der Waals surface area contributed by atoms with Crippen molar-refractivity contribution in [1.29, 1.82) is 0 Å². The molecule has 16 heavy (non-hydrogen) atoms. The summed E-state index contributed by atoms with van der Waals surface area (Å²) in [5.41, 5.74) is -0.244. The number of thioether (sulfide) groups is 1. The highest BCUT2D eigenvalue weighted by Crippen LogP contribution is 2.45. The van der Waals surface area contributed by atoms with Gasteiger partial charge in [0.15, 0.2) is 5.12 Å². The predicted octanol–water partition coefficient (Wildman–Crippen LogP) is 2.15. The van der Waals surface area contributed by atoms with Gasteiger partial charge in [0.1, 0.15) is 0 Å². The molecule has 1 heterocycles. The maximum Gasteiger partial charge on any atom is 0.217 e. The quantitative estimate of drug-likeness (QED) is 0.798. The third-order valence-corrected chi connectivity index (χ3v) is 6.11. The van der Waals surface area contributed by atoms with Crippen LogP contribution in [0.3, 0.4) is 0 Å².